The van der Waals surface area contributed by atoms with Crippen molar-refractivity contribution in [1.29, 1.82) is 0 Å². The molecule has 1 unspecified atom stereocenters. The zero-order chi connectivity index (χ0) is 16.0. The maximum absolute atomic E-state index is 12.2. The second kappa shape index (κ2) is 7.42. The summed E-state index contributed by atoms with van der Waals surface area (Å²) < 4.78 is 0. The normalized spacial score (nSPS) is 11.7. The highest BCUT2D eigenvalue weighted by atomic mass is 16.2. The maximum Gasteiger partial charge on any atom is 0.251 e. The lowest BCUT2D eigenvalue weighted by Crippen LogP contribution is -2.46. The van der Waals surface area contributed by atoms with Gasteiger partial charge >= 0.3 is 0 Å². The molecule has 114 valence electrons. The topological polar surface area (TPSA) is 87.3 Å². The molecule has 1 atom stereocenters. The van der Waals surface area contributed by atoms with E-state index in [2.05, 4.69) is 16.0 Å². The molecule has 1 aromatic rings. The van der Waals surface area contributed by atoms with Gasteiger partial charge in [0.2, 0.25) is 11.8 Å². The lowest BCUT2D eigenvalue weighted by molar-refractivity contribution is -0.126. The van der Waals surface area contributed by atoms with Crippen LogP contribution in [0.2, 0.25) is 0 Å². The van der Waals surface area contributed by atoms with Gasteiger partial charge in [0.1, 0.15) is 6.04 Å². The van der Waals surface area contributed by atoms with Gasteiger partial charge in [0.15, 0.2) is 0 Å². The minimum atomic E-state index is -0.619. The Kier molecular flexibility index (Phi) is 5.90. The highest BCUT2D eigenvalue weighted by molar-refractivity contribution is 5.99. The maximum atomic E-state index is 12.2. The fourth-order valence-electron chi connectivity index (χ4n) is 1.86. The SMILES string of the molecule is CNC(=O)c1cccc(NC(=O)C(NC(C)=O)C(C)C)c1. The van der Waals surface area contributed by atoms with E-state index in [4.69, 9.17) is 0 Å². The fraction of sp³-hybridized carbons (Fsp3) is 0.400. The van der Waals surface area contributed by atoms with Gasteiger partial charge in [-0.2, -0.15) is 0 Å². The van der Waals surface area contributed by atoms with E-state index < -0.39 is 6.04 Å². The van der Waals surface area contributed by atoms with E-state index in [0.717, 1.165) is 0 Å². The molecule has 3 amide bonds. The van der Waals surface area contributed by atoms with Crippen molar-refractivity contribution in [2.75, 3.05) is 12.4 Å². The van der Waals surface area contributed by atoms with E-state index in [0.29, 0.717) is 11.3 Å². The molecule has 1 aromatic carbocycles. The first-order valence-corrected chi connectivity index (χ1v) is 6.75. The van der Waals surface area contributed by atoms with E-state index in [1.54, 1.807) is 31.3 Å². The lowest BCUT2D eigenvalue weighted by Gasteiger charge is -2.21. The molecule has 3 N–H and O–H groups in total. The summed E-state index contributed by atoms with van der Waals surface area (Å²) in [5, 5.41) is 7.85. The molecule has 0 fully saturated rings. The van der Waals surface area contributed by atoms with Crippen LogP contribution in [0.5, 0.6) is 0 Å². The predicted molar refractivity (Wildman–Crippen MR) is 80.9 cm³/mol. The Morgan fingerprint density at radius 1 is 1.14 bits per heavy atom. The van der Waals surface area contributed by atoms with Crippen LogP contribution in [0.1, 0.15) is 31.1 Å². The van der Waals surface area contributed by atoms with E-state index in [1.807, 2.05) is 13.8 Å². The molecule has 1 rings (SSSR count). The number of amides is 3. The van der Waals surface area contributed by atoms with Gasteiger partial charge < -0.3 is 16.0 Å². The van der Waals surface area contributed by atoms with E-state index in [1.165, 1.54) is 6.92 Å². The molecule has 0 aliphatic carbocycles. The third-order valence-corrected chi connectivity index (χ3v) is 2.93. The quantitative estimate of drug-likeness (QED) is 0.760. The lowest BCUT2D eigenvalue weighted by atomic mass is 10.0. The van der Waals surface area contributed by atoms with Crippen molar-refractivity contribution >= 4 is 23.4 Å². The molecule has 0 aliphatic heterocycles. The molecule has 0 aromatic heterocycles. The Balaban J connectivity index is 2.86. The first-order chi connectivity index (χ1) is 9.85. The summed E-state index contributed by atoms with van der Waals surface area (Å²) in [4.78, 5) is 34.9. The molecule has 0 radical (unpaired) electrons. The van der Waals surface area contributed by atoms with Gasteiger partial charge in [-0.25, -0.2) is 0 Å². The molecule has 0 heterocycles. The second-order valence-corrected chi connectivity index (χ2v) is 5.07. The van der Waals surface area contributed by atoms with Crippen LogP contribution in [0, 0.1) is 5.92 Å². The predicted octanol–water partition coefficient (Wildman–Crippen LogP) is 1.15. The van der Waals surface area contributed by atoms with Crippen molar-refractivity contribution in [3.63, 3.8) is 0 Å². The summed E-state index contributed by atoms with van der Waals surface area (Å²) in [6.07, 6.45) is 0. The van der Waals surface area contributed by atoms with Crippen LogP contribution in [0.3, 0.4) is 0 Å². The summed E-state index contributed by atoms with van der Waals surface area (Å²) in [7, 11) is 1.54. The number of hydrogen-bond acceptors (Lipinski definition) is 3. The Bertz CT molecular complexity index is 541. The number of anilines is 1. The van der Waals surface area contributed by atoms with E-state index in [9.17, 15) is 14.4 Å². The van der Waals surface area contributed by atoms with Crippen molar-refractivity contribution in [2.45, 2.75) is 26.8 Å². The van der Waals surface area contributed by atoms with Crippen molar-refractivity contribution in [3.8, 4) is 0 Å². The second-order valence-electron chi connectivity index (χ2n) is 5.07. The summed E-state index contributed by atoms with van der Waals surface area (Å²) in [6, 6.07) is 5.99. The van der Waals surface area contributed by atoms with Crippen molar-refractivity contribution in [2.24, 2.45) is 5.92 Å². The molecule has 0 aliphatic rings. The van der Waals surface area contributed by atoms with Gasteiger partial charge in [-0.15, -0.1) is 0 Å². The largest absolute Gasteiger partial charge is 0.355 e. The number of benzene rings is 1. The van der Waals surface area contributed by atoms with E-state index in [-0.39, 0.29) is 23.6 Å². The van der Waals surface area contributed by atoms with E-state index >= 15 is 0 Å². The molecular weight excluding hydrogens is 270 g/mol. The number of nitrogens with one attached hydrogen (secondary N) is 3. The smallest absolute Gasteiger partial charge is 0.251 e. The zero-order valence-electron chi connectivity index (χ0n) is 12.7. The molecule has 21 heavy (non-hydrogen) atoms. The summed E-state index contributed by atoms with van der Waals surface area (Å²) >= 11 is 0. The summed E-state index contributed by atoms with van der Waals surface area (Å²) in [5.74, 6) is -0.846. The minimum absolute atomic E-state index is 0.0453. The van der Waals surface area contributed by atoms with Crippen LogP contribution in [0.15, 0.2) is 24.3 Å². The molecular formula is C15H21N3O3. The average Bonchev–Trinajstić information content (AvgIpc) is 2.43. The number of carbonyl (C=O) groups excluding carboxylic acids is 3. The number of rotatable bonds is 5. The first-order valence-electron chi connectivity index (χ1n) is 6.75. The highest BCUT2D eigenvalue weighted by Crippen LogP contribution is 2.12. The molecule has 0 bridgehead atoms. The number of carbonyl (C=O) groups is 3. The van der Waals surface area contributed by atoms with Gasteiger partial charge in [-0.05, 0) is 24.1 Å². The summed E-state index contributed by atoms with van der Waals surface area (Å²) in [6.45, 7) is 5.07. The number of hydrogen-bond donors (Lipinski definition) is 3. The zero-order valence-corrected chi connectivity index (χ0v) is 12.7. The van der Waals surface area contributed by atoms with Gasteiger partial charge in [-0.1, -0.05) is 19.9 Å². The van der Waals surface area contributed by atoms with Gasteiger partial charge in [0, 0.05) is 25.2 Å². The van der Waals surface area contributed by atoms with Crippen molar-refractivity contribution in [3.05, 3.63) is 29.8 Å². The van der Waals surface area contributed by atoms with Crippen molar-refractivity contribution < 1.29 is 14.4 Å². The van der Waals surface area contributed by atoms with Crippen LogP contribution in [-0.2, 0) is 9.59 Å². The molecule has 6 heteroatoms. The van der Waals surface area contributed by atoms with Gasteiger partial charge in [0.05, 0.1) is 0 Å². The Morgan fingerprint density at radius 2 is 1.81 bits per heavy atom. The first kappa shape index (κ1) is 16.7. The average molecular weight is 291 g/mol. The van der Waals surface area contributed by atoms with Crippen LogP contribution < -0.4 is 16.0 Å². The van der Waals surface area contributed by atoms with Crippen molar-refractivity contribution in [1.82, 2.24) is 10.6 Å². The minimum Gasteiger partial charge on any atom is -0.355 e. The Morgan fingerprint density at radius 3 is 2.33 bits per heavy atom. The summed E-state index contributed by atoms with van der Waals surface area (Å²) in [5.41, 5.74) is 0.966. The molecule has 6 nitrogen and oxygen atoms in total. The monoisotopic (exact) mass is 291 g/mol. The van der Waals surface area contributed by atoms with Crippen LogP contribution in [0.25, 0.3) is 0 Å². The Hall–Kier alpha value is -2.37. The fourth-order valence-corrected chi connectivity index (χ4v) is 1.86. The molecule has 0 saturated carbocycles. The third-order valence-electron chi connectivity index (χ3n) is 2.93. The molecule has 0 saturated heterocycles. The van der Waals surface area contributed by atoms with Crippen LogP contribution in [0.4, 0.5) is 5.69 Å². The van der Waals surface area contributed by atoms with Gasteiger partial charge in [0.25, 0.3) is 5.91 Å². The highest BCUT2D eigenvalue weighted by Gasteiger charge is 2.23. The van der Waals surface area contributed by atoms with Gasteiger partial charge in [-0.3, -0.25) is 14.4 Å². The van der Waals surface area contributed by atoms with Crippen LogP contribution >= 0.6 is 0 Å². The van der Waals surface area contributed by atoms with Crippen LogP contribution in [-0.4, -0.2) is 30.8 Å². The Labute approximate surface area is 124 Å². The standard InChI is InChI=1S/C15H21N3O3/c1-9(2)13(17-10(3)19)15(21)18-12-7-5-6-11(8-12)14(20)16-4/h5-9,13H,1-4H3,(H,16,20)(H,17,19)(H,18,21). The third kappa shape index (κ3) is 4.91. The molecule has 0 spiro atoms.